The van der Waals surface area contributed by atoms with E-state index in [4.69, 9.17) is 0 Å². The van der Waals surface area contributed by atoms with Crippen molar-refractivity contribution >= 4 is 21.7 Å². The van der Waals surface area contributed by atoms with Gasteiger partial charge in [0.05, 0.1) is 0 Å². The van der Waals surface area contributed by atoms with Crippen LogP contribution in [0.25, 0.3) is 0 Å². The van der Waals surface area contributed by atoms with Crippen LogP contribution in [0.4, 0.5) is 0 Å². The van der Waals surface area contributed by atoms with E-state index in [0.717, 1.165) is 10.0 Å². The normalized spacial score (nSPS) is 12.6. The fourth-order valence-electron chi connectivity index (χ4n) is 1.01. The van der Waals surface area contributed by atoms with Crippen LogP contribution in [0.5, 0.6) is 0 Å². The molecule has 0 saturated heterocycles. The first-order chi connectivity index (χ1) is 5.61. The van der Waals surface area contributed by atoms with Crippen LogP contribution in [0.2, 0.25) is 0 Å². The van der Waals surface area contributed by atoms with E-state index in [2.05, 4.69) is 15.9 Å². The molecular weight excluding hydrogens is 216 g/mol. The summed E-state index contributed by atoms with van der Waals surface area (Å²) in [6, 6.07) is 7.85. The van der Waals surface area contributed by atoms with E-state index >= 15 is 0 Å². The maximum Gasteiger partial charge on any atom is 0.136 e. The van der Waals surface area contributed by atoms with Gasteiger partial charge in [0, 0.05) is 10.4 Å². The van der Waals surface area contributed by atoms with Gasteiger partial charge in [-0.05, 0) is 24.6 Å². The Bertz CT molecular complexity index is 294. The summed E-state index contributed by atoms with van der Waals surface area (Å²) < 4.78 is 1.02. The lowest BCUT2D eigenvalue weighted by atomic mass is 9.98. The Labute approximate surface area is 80.9 Å². The van der Waals surface area contributed by atoms with Crippen molar-refractivity contribution in [3.05, 3.63) is 34.3 Å². The molecule has 0 fully saturated rings. The molecule has 0 aliphatic heterocycles. The molecule has 1 nitrogen and oxygen atoms in total. The number of carbonyl (C=O) groups is 1. The first-order valence-electron chi connectivity index (χ1n) is 3.87. The van der Waals surface area contributed by atoms with E-state index < -0.39 is 0 Å². The molecule has 0 bridgehead atoms. The molecule has 0 heterocycles. The predicted molar refractivity (Wildman–Crippen MR) is 53.2 cm³/mol. The molecule has 1 aromatic rings. The molecule has 0 aromatic heterocycles. The summed E-state index contributed by atoms with van der Waals surface area (Å²) in [4.78, 5) is 11.0. The number of Topliss-reactive ketones (excluding diaryl/α,β-unsaturated/α-hetero) is 1. The van der Waals surface area contributed by atoms with Crippen molar-refractivity contribution in [2.45, 2.75) is 19.8 Å². The van der Waals surface area contributed by atoms with Gasteiger partial charge in [0.2, 0.25) is 0 Å². The summed E-state index contributed by atoms with van der Waals surface area (Å²) in [5.74, 6) is 0.204. The zero-order valence-corrected chi connectivity index (χ0v) is 8.76. The Morgan fingerprint density at radius 2 is 2.17 bits per heavy atom. The predicted octanol–water partition coefficient (Wildman–Crippen LogP) is 3.14. The van der Waals surface area contributed by atoms with Crippen LogP contribution in [0.15, 0.2) is 28.7 Å². The smallest absolute Gasteiger partial charge is 0.136 e. The number of halogens is 1. The molecule has 0 amide bonds. The molecule has 0 radical (unpaired) electrons. The van der Waals surface area contributed by atoms with Crippen LogP contribution >= 0.6 is 15.9 Å². The van der Waals surface area contributed by atoms with Crippen LogP contribution in [0, 0.1) is 0 Å². The molecule has 64 valence electrons. The Morgan fingerprint density at radius 3 is 2.67 bits per heavy atom. The molecule has 0 unspecified atom stereocenters. The first-order valence-corrected chi connectivity index (χ1v) is 4.66. The second-order valence-corrected chi connectivity index (χ2v) is 3.80. The summed E-state index contributed by atoms with van der Waals surface area (Å²) in [5, 5.41) is 0. The highest BCUT2D eigenvalue weighted by atomic mass is 79.9. The number of hydrogen-bond donors (Lipinski definition) is 0. The van der Waals surface area contributed by atoms with Crippen molar-refractivity contribution in [2.24, 2.45) is 0 Å². The van der Waals surface area contributed by atoms with Crippen molar-refractivity contribution in [1.82, 2.24) is 0 Å². The van der Waals surface area contributed by atoms with Gasteiger partial charge in [-0.3, -0.25) is 4.79 Å². The molecular formula is C10H11BrO. The summed E-state index contributed by atoms with van der Waals surface area (Å²) in [6.45, 7) is 3.54. The van der Waals surface area contributed by atoms with Crippen LogP contribution < -0.4 is 0 Å². The standard InChI is InChI=1S/C10H11BrO/c1-7(8(2)12)9-4-3-5-10(11)6-9/h3-7H,1-2H3/t7-/m0/s1. The van der Waals surface area contributed by atoms with Crippen molar-refractivity contribution in [3.63, 3.8) is 0 Å². The number of hydrogen-bond acceptors (Lipinski definition) is 1. The van der Waals surface area contributed by atoms with Gasteiger partial charge in [-0.2, -0.15) is 0 Å². The number of rotatable bonds is 2. The van der Waals surface area contributed by atoms with Gasteiger partial charge in [-0.15, -0.1) is 0 Å². The lowest BCUT2D eigenvalue weighted by Crippen LogP contribution is -2.03. The fourth-order valence-corrected chi connectivity index (χ4v) is 1.43. The van der Waals surface area contributed by atoms with Crippen molar-refractivity contribution in [3.8, 4) is 0 Å². The lowest BCUT2D eigenvalue weighted by Gasteiger charge is -2.07. The highest BCUT2D eigenvalue weighted by Gasteiger charge is 2.09. The van der Waals surface area contributed by atoms with Gasteiger partial charge in [-0.1, -0.05) is 35.0 Å². The second-order valence-electron chi connectivity index (χ2n) is 2.89. The molecule has 12 heavy (non-hydrogen) atoms. The summed E-state index contributed by atoms with van der Waals surface area (Å²) in [7, 11) is 0. The van der Waals surface area contributed by atoms with E-state index in [1.54, 1.807) is 6.92 Å². The average molecular weight is 227 g/mol. The Morgan fingerprint density at radius 1 is 1.50 bits per heavy atom. The third-order valence-electron chi connectivity index (χ3n) is 1.96. The number of benzene rings is 1. The maximum absolute atomic E-state index is 11.0. The summed E-state index contributed by atoms with van der Waals surface area (Å²) in [5.41, 5.74) is 1.07. The molecule has 0 aliphatic carbocycles. The van der Waals surface area contributed by atoms with E-state index in [9.17, 15) is 4.79 Å². The van der Waals surface area contributed by atoms with Gasteiger partial charge in [0.15, 0.2) is 0 Å². The summed E-state index contributed by atoms with van der Waals surface area (Å²) in [6.07, 6.45) is 0. The SMILES string of the molecule is CC(=O)[C@H](C)c1cccc(Br)c1. The van der Waals surface area contributed by atoms with Crippen LogP contribution in [-0.4, -0.2) is 5.78 Å². The Hall–Kier alpha value is -0.630. The Balaban J connectivity index is 2.95. The van der Waals surface area contributed by atoms with Gasteiger partial charge < -0.3 is 0 Å². The number of carbonyl (C=O) groups excluding carboxylic acids is 1. The summed E-state index contributed by atoms with van der Waals surface area (Å²) >= 11 is 3.37. The van der Waals surface area contributed by atoms with Crippen LogP contribution in [-0.2, 0) is 4.79 Å². The lowest BCUT2D eigenvalue weighted by molar-refractivity contribution is -0.118. The molecule has 0 N–H and O–H groups in total. The third-order valence-corrected chi connectivity index (χ3v) is 2.45. The zero-order chi connectivity index (χ0) is 9.14. The highest BCUT2D eigenvalue weighted by Crippen LogP contribution is 2.19. The molecule has 0 spiro atoms. The van der Waals surface area contributed by atoms with Gasteiger partial charge in [0.1, 0.15) is 5.78 Å². The van der Waals surface area contributed by atoms with Gasteiger partial charge in [-0.25, -0.2) is 0 Å². The molecule has 1 rings (SSSR count). The van der Waals surface area contributed by atoms with E-state index in [1.807, 2.05) is 31.2 Å². The molecule has 0 saturated carbocycles. The first kappa shape index (κ1) is 9.46. The van der Waals surface area contributed by atoms with Gasteiger partial charge in [0.25, 0.3) is 0 Å². The van der Waals surface area contributed by atoms with Crippen LogP contribution in [0.1, 0.15) is 25.3 Å². The van der Waals surface area contributed by atoms with Crippen molar-refractivity contribution in [1.29, 1.82) is 0 Å². The van der Waals surface area contributed by atoms with E-state index in [1.165, 1.54) is 0 Å². The van der Waals surface area contributed by atoms with E-state index in [-0.39, 0.29) is 11.7 Å². The minimum atomic E-state index is 0.00231. The highest BCUT2D eigenvalue weighted by molar-refractivity contribution is 9.10. The number of ketones is 1. The topological polar surface area (TPSA) is 17.1 Å². The average Bonchev–Trinajstić information content (AvgIpc) is 2.03. The molecule has 1 aromatic carbocycles. The zero-order valence-electron chi connectivity index (χ0n) is 7.17. The van der Waals surface area contributed by atoms with Crippen molar-refractivity contribution in [2.75, 3.05) is 0 Å². The minimum absolute atomic E-state index is 0.00231. The minimum Gasteiger partial charge on any atom is -0.299 e. The third kappa shape index (κ3) is 2.18. The van der Waals surface area contributed by atoms with Gasteiger partial charge >= 0.3 is 0 Å². The van der Waals surface area contributed by atoms with Crippen molar-refractivity contribution < 1.29 is 4.79 Å². The fraction of sp³-hybridized carbons (Fsp3) is 0.300. The molecule has 0 aliphatic rings. The van der Waals surface area contributed by atoms with E-state index in [0.29, 0.717) is 0 Å². The maximum atomic E-state index is 11.0. The second kappa shape index (κ2) is 3.85. The Kier molecular flexibility index (Phi) is 3.04. The monoisotopic (exact) mass is 226 g/mol. The quantitative estimate of drug-likeness (QED) is 0.758. The van der Waals surface area contributed by atoms with Crippen LogP contribution in [0.3, 0.4) is 0 Å². The largest absolute Gasteiger partial charge is 0.299 e. The molecule has 2 heteroatoms. The molecule has 1 atom stereocenters.